The lowest BCUT2D eigenvalue weighted by molar-refractivity contribution is 0.252. The molecule has 1 aromatic carbocycles. The summed E-state index contributed by atoms with van der Waals surface area (Å²) < 4.78 is 0. The molecule has 19 heavy (non-hydrogen) atoms. The van der Waals surface area contributed by atoms with Crippen molar-refractivity contribution in [3.63, 3.8) is 0 Å². The second-order valence-corrected chi connectivity index (χ2v) is 5.26. The number of aromatic nitrogens is 1. The largest absolute Gasteiger partial charge is 0.392 e. The third-order valence-electron chi connectivity index (χ3n) is 4.17. The molecule has 0 amide bonds. The van der Waals surface area contributed by atoms with Crippen molar-refractivity contribution in [3.8, 4) is 0 Å². The topological polar surface area (TPSA) is 36.4 Å². The Morgan fingerprint density at radius 3 is 2.95 bits per heavy atom. The van der Waals surface area contributed by atoms with Crippen LogP contribution in [-0.4, -0.2) is 28.1 Å². The van der Waals surface area contributed by atoms with Crippen molar-refractivity contribution < 1.29 is 5.11 Å². The van der Waals surface area contributed by atoms with Gasteiger partial charge in [-0.15, -0.1) is 0 Å². The first-order chi connectivity index (χ1) is 9.24. The molecule has 3 rings (SSSR count). The second kappa shape index (κ2) is 4.91. The van der Waals surface area contributed by atoms with Crippen molar-refractivity contribution in [1.29, 1.82) is 0 Å². The van der Waals surface area contributed by atoms with Crippen LogP contribution in [0.3, 0.4) is 0 Å². The number of fused-ring (bicyclic) bond motifs is 2. The molecule has 1 aliphatic rings. The normalized spacial score (nSPS) is 15.7. The molecule has 100 valence electrons. The van der Waals surface area contributed by atoms with Gasteiger partial charge in [-0.2, -0.15) is 0 Å². The molecule has 1 N–H and O–H groups in total. The molecule has 0 atom stereocenters. The first-order valence-electron chi connectivity index (χ1n) is 6.97. The van der Waals surface area contributed by atoms with Gasteiger partial charge in [0.1, 0.15) is 0 Å². The molecule has 0 bridgehead atoms. The highest BCUT2D eigenvalue weighted by atomic mass is 16.3. The molecule has 1 aromatic heterocycles. The number of hydrogen-bond acceptors (Lipinski definition) is 3. The van der Waals surface area contributed by atoms with Crippen LogP contribution in [0.5, 0.6) is 0 Å². The van der Waals surface area contributed by atoms with Gasteiger partial charge in [0, 0.05) is 30.6 Å². The predicted octanol–water partition coefficient (Wildman–Crippen LogP) is 2.41. The SMILES string of the molecule is CCN1CCc2nc3c(C)cccc3c(CO)c2C1. The number of para-hydroxylation sites is 1. The van der Waals surface area contributed by atoms with Crippen LogP contribution in [0, 0.1) is 6.92 Å². The standard InChI is InChI=1S/C16H20N2O/c1-3-18-8-7-15-13(9-18)14(10-19)12-6-4-5-11(2)16(12)17-15/h4-6,19H,3,7-10H2,1-2H3. The van der Waals surface area contributed by atoms with E-state index in [2.05, 4.69) is 30.9 Å². The zero-order valence-corrected chi connectivity index (χ0v) is 11.6. The number of nitrogens with zero attached hydrogens (tertiary/aromatic N) is 2. The van der Waals surface area contributed by atoms with Gasteiger partial charge in [-0.25, -0.2) is 0 Å². The molecular weight excluding hydrogens is 236 g/mol. The van der Waals surface area contributed by atoms with E-state index in [1.807, 2.05) is 6.07 Å². The Kier molecular flexibility index (Phi) is 3.25. The smallest absolute Gasteiger partial charge is 0.0738 e. The fourth-order valence-corrected chi connectivity index (χ4v) is 3.00. The Bertz CT molecular complexity index is 622. The fraction of sp³-hybridized carbons (Fsp3) is 0.438. The molecular formula is C16H20N2O. The van der Waals surface area contributed by atoms with Gasteiger partial charge >= 0.3 is 0 Å². The number of aryl methyl sites for hydroxylation is 1. The molecule has 2 heterocycles. The van der Waals surface area contributed by atoms with Gasteiger partial charge in [-0.1, -0.05) is 25.1 Å². The maximum Gasteiger partial charge on any atom is 0.0738 e. The number of likely N-dealkylation sites (N-methyl/N-ethyl adjacent to an activating group) is 1. The summed E-state index contributed by atoms with van der Waals surface area (Å²) in [6.07, 6.45) is 0.987. The van der Waals surface area contributed by atoms with Crippen LogP contribution in [0.2, 0.25) is 0 Å². The summed E-state index contributed by atoms with van der Waals surface area (Å²) in [5, 5.41) is 10.9. The lowest BCUT2D eigenvalue weighted by Gasteiger charge is -2.29. The van der Waals surface area contributed by atoms with E-state index < -0.39 is 0 Å². The molecule has 0 saturated carbocycles. The minimum Gasteiger partial charge on any atom is -0.392 e. The van der Waals surface area contributed by atoms with Crippen molar-refractivity contribution in [1.82, 2.24) is 9.88 Å². The molecule has 3 heteroatoms. The van der Waals surface area contributed by atoms with Gasteiger partial charge in [0.15, 0.2) is 0 Å². The summed E-state index contributed by atoms with van der Waals surface area (Å²) in [5.41, 5.74) is 5.73. The average molecular weight is 256 g/mol. The van der Waals surface area contributed by atoms with Crippen molar-refractivity contribution in [2.75, 3.05) is 13.1 Å². The van der Waals surface area contributed by atoms with Gasteiger partial charge in [0.05, 0.1) is 12.1 Å². The molecule has 0 spiro atoms. The van der Waals surface area contributed by atoms with E-state index in [0.717, 1.165) is 42.5 Å². The molecule has 3 nitrogen and oxygen atoms in total. The van der Waals surface area contributed by atoms with Gasteiger partial charge < -0.3 is 5.11 Å². The number of aliphatic hydroxyl groups is 1. The summed E-state index contributed by atoms with van der Waals surface area (Å²) in [5.74, 6) is 0. The van der Waals surface area contributed by atoms with Gasteiger partial charge in [0.2, 0.25) is 0 Å². The van der Waals surface area contributed by atoms with Crippen molar-refractivity contribution >= 4 is 10.9 Å². The Balaban J connectivity index is 2.26. The Morgan fingerprint density at radius 2 is 2.21 bits per heavy atom. The summed E-state index contributed by atoms with van der Waals surface area (Å²) >= 11 is 0. The molecule has 1 aliphatic heterocycles. The summed E-state index contributed by atoms with van der Waals surface area (Å²) in [6.45, 7) is 7.40. The highest BCUT2D eigenvalue weighted by molar-refractivity contribution is 5.86. The highest BCUT2D eigenvalue weighted by Crippen LogP contribution is 2.29. The molecule has 0 saturated heterocycles. The Hall–Kier alpha value is -1.45. The Labute approximate surface area is 113 Å². The molecule has 2 aromatic rings. The van der Waals surface area contributed by atoms with Crippen LogP contribution < -0.4 is 0 Å². The van der Waals surface area contributed by atoms with Gasteiger partial charge in [-0.05, 0) is 30.2 Å². The van der Waals surface area contributed by atoms with Crippen molar-refractivity contribution in [2.24, 2.45) is 0 Å². The zero-order valence-electron chi connectivity index (χ0n) is 11.6. The van der Waals surface area contributed by atoms with E-state index in [-0.39, 0.29) is 6.61 Å². The lowest BCUT2D eigenvalue weighted by Crippen LogP contribution is -2.31. The maximum atomic E-state index is 9.80. The first-order valence-corrected chi connectivity index (χ1v) is 6.97. The van der Waals surface area contributed by atoms with Gasteiger partial charge in [0.25, 0.3) is 0 Å². The third kappa shape index (κ3) is 2.03. The van der Waals surface area contributed by atoms with E-state index in [4.69, 9.17) is 4.98 Å². The van der Waals surface area contributed by atoms with Gasteiger partial charge in [-0.3, -0.25) is 9.88 Å². The third-order valence-corrected chi connectivity index (χ3v) is 4.17. The predicted molar refractivity (Wildman–Crippen MR) is 77.1 cm³/mol. The minimum absolute atomic E-state index is 0.0996. The molecule has 0 unspecified atom stereocenters. The van der Waals surface area contributed by atoms with Crippen LogP contribution in [0.4, 0.5) is 0 Å². The fourth-order valence-electron chi connectivity index (χ4n) is 3.00. The summed E-state index contributed by atoms with van der Waals surface area (Å²) in [4.78, 5) is 7.26. The summed E-state index contributed by atoms with van der Waals surface area (Å²) in [7, 11) is 0. The number of aliphatic hydroxyl groups excluding tert-OH is 1. The highest BCUT2D eigenvalue weighted by Gasteiger charge is 2.21. The summed E-state index contributed by atoms with van der Waals surface area (Å²) in [6, 6.07) is 6.21. The zero-order chi connectivity index (χ0) is 13.4. The van der Waals surface area contributed by atoms with Crippen molar-refractivity contribution in [2.45, 2.75) is 33.4 Å². The average Bonchev–Trinajstić information content (AvgIpc) is 2.45. The lowest BCUT2D eigenvalue weighted by atomic mass is 9.95. The van der Waals surface area contributed by atoms with Crippen LogP contribution >= 0.6 is 0 Å². The second-order valence-electron chi connectivity index (χ2n) is 5.26. The van der Waals surface area contributed by atoms with E-state index in [9.17, 15) is 5.11 Å². The van der Waals surface area contributed by atoms with E-state index >= 15 is 0 Å². The quantitative estimate of drug-likeness (QED) is 0.896. The molecule has 0 fully saturated rings. The first kappa shape index (κ1) is 12.6. The van der Waals surface area contributed by atoms with E-state index in [0.29, 0.717) is 0 Å². The van der Waals surface area contributed by atoms with Crippen LogP contribution in [-0.2, 0) is 19.6 Å². The van der Waals surface area contributed by atoms with E-state index in [1.54, 1.807) is 0 Å². The minimum atomic E-state index is 0.0996. The Morgan fingerprint density at radius 1 is 1.37 bits per heavy atom. The number of hydrogen-bond donors (Lipinski definition) is 1. The number of pyridine rings is 1. The number of rotatable bonds is 2. The molecule has 0 aliphatic carbocycles. The maximum absolute atomic E-state index is 9.80. The van der Waals surface area contributed by atoms with Crippen LogP contribution in [0.1, 0.15) is 29.3 Å². The van der Waals surface area contributed by atoms with Crippen molar-refractivity contribution in [3.05, 3.63) is 40.6 Å². The van der Waals surface area contributed by atoms with Crippen LogP contribution in [0.25, 0.3) is 10.9 Å². The monoisotopic (exact) mass is 256 g/mol. The molecule has 0 radical (unpaired) electrons. The van der Waals surface area contributed by atoms with E-state index in [1.165, 1.54) is 16.8 Å². The van der Waals surface area contributed by atoms with Crippen LogP contribution in [0.15, 0.2) is 18.2 Å². The number of benzene rings is 1.